The molecule has 15 heavy (non-hydrogen) atoms. The van der Waals surface area contributed by atoms with Gasteiger partial charge in [-0.3, -0.25) is 0 Å². The van der Waals surface area contributed by atoms with Crippen LogP contribution in [0.3, 0.4) is 0 Å². The van der Waals surface area contributed by atoms with E-state index in [2.05, 4.69) is 6.92 Å². The predicted octanol–water partition coefficient (Wildman–Crippen LogP) is 5.42. The molecule has 0 heterocycles. The first-order valence-electron chi connectivity index (χ1n) is 6.84. The van der Waals surface area contributed by atoms with Crippen molar-refractivity contribution in [3.8, 4) is 0 Å². The molecule has 0 atom stereocenters. The van der Waals surface area contributed by atoms with E-state index in [0.29, 0.717) is 0 Å². The first-order chi connectivity index (χ1) is 6.84. The summed E-state index contributed by atoms with van der Waals surface area (Å²) in [6.07, 6.45) is 15.3. The van der Waals surface area contributed by atoms with E-state index < -0.39 is 0 Å². The average Bonchev–Trinajstić information content (AvgIpc) is 2.23. The maximum absolute atomic E-state index is 2.43. The molecule has 2 rings (SSSR count). The predicted molar refractivity (Wildman–Crippen MR) is 69.0 cm³/mol. The summed E-state index contributed by atoms with van der Waals surface area (Å²) in [6.45, 7) is 2.43. The van der Waals surface area contributed by atoms with Gasteiger partial charge in [-0.15, -0.1) is 0 Å². The van der Waals surface area contributed by atoms with Gasteiger partial charge in [-0.05, 0) is 24.2 Å². The molecule has 2 aliphatic rings. The van der Waals surface area contributed by atoms with Crippen LogP contribution in [0.15, 0.2) is 0 Å². The monoisotopic (exact) mass is 210 g/mol. The SMILES string of the molecule is C.CC1CCC(CC2CCCCC2)CC1. The Hall–Kier alpha value is 0. The number of hydrogen-bond acceptors (Lipinski definition) is 0. The van der Waals surface area contributed by atoms with Gasteiger partial charge in [-0.25, -0.2) is 0 Å². The van der Waals surface area contributed by atoms with Crippen molar-refractivity contribution in [1.82, 2.24) is 0 Å². The molecule has 0 unspecified atom stereocenters. The van der Waals surface area contributed by atoms with Crippen LogP contribution in [0.5, 0.6) is 0 Å². The Kier molecular flexibility index (Phi) is 5.71. The van der Waals surface area contributed by atoms with Gasteiger partial charge in [-0.1, -0.05) is 72.1 Å². The van der Waals surface area contributed by atoms with E-state index in [1.807, 2.05) is 0 Å². The molecule has 0 amide bonds. The topological polar surface area (TPSA) is 0 Å². The van der Waals surface area contributed by atoms with Crippen molar-refractivity contribution in [1.29, 1.82) is 0 Å². The molecule has 90 valence electrons. The highest BCUT2D eigenvalue weighted by Crippen LogP contribution is 2.36. The molecular formula is C15H30. The Bertz CT molecular complexity index is 147. The van der Waals surface area contributed by atoms with E-state index >= 15 is 0 Å². The van der Waals surface area contributed by atoms with Crippen molar-refractivity contribution < 1.29 is 0 Å². The van der Waals surface area contributed by atoms with Crippen molar-refractivity contribution >= 4 is 0 Å². The minimum atomic E-state index is 0. The van der Waals surface area contributed by atoms with Gasteiger partial charge in [0.05, 0.1) is 0 Å². The van der Waals surface area contributed by atoms with Gasteiger partial charge in [0, 0.05) is 0 Å². The summed E-state index contributed by atoms with van der Waals surface area (Å²) >= 11 is 0. The molecule has 0 aliphatic heterocycles. The molecule has 0 bridgehead atoms. The smallest absolute Gasteiger partial charge is 0.0411 e. The molecule has 0 radical (unpaired) electrons. The standard InChI is InChI=1S/C14H26.CH4/c1-12-7-9-14(10-8-12)11-13-5-3-2-4-6-13;/h12-14H,2-11H2,1H3;1H4. The summed E-state index contributed by atoms with van der Waals surface area (Å²) in [6, 6.07) is 0. The van der Waals surface area contributed by atoms with Gasteiger partial charge < -0.3 is 0 Å². The lowest BCUT2D eigenvalue weighted by Gasteiger charge is -2.31. The molecule has 0 aromatic heterocycles. The lowest BCUT2D eigenvalue weighted by atomic mass is 9.75. The summed E-state index contributed by atoms with van der Waals surface area (Å²) in [5, 5.41) is 0. The van der Waals surface area contributed by atoms with E-state index in [1.165, 1.54) is 44.9 Å². The molecule has 0 aromatic carbocycles. The second-order valence-corrected chi connectivity index (χ2v) is 5.87. The van der Waals surface area contributed by atoms with E-state index in [1.54, 1.807) is 19.3 Å². The Morgan fingerprint density at radius 3 is 1.87 bits per heavy atom. The molecule has 0 heteroatoms. The maximum Gasteiger partial charge on any atom is -0.0411 e. The van der Waals surface area contributed by atoms with Crippen molar-refractivity contribution in [3.05, 3.63) is 0 Å². The fourth-order valence-electron chi connectivity index (χ4n) is 3.46. The van der Waals surface area contributed by atoms with Crippen LogP contribution >= 0.6 is 0 Å². The van der Waals surface area contributed by atoms with Gasteiger partial charge in [0.25, 0.3) is 0 Å². The number of rotatable bonds is 2. The zero-order valence-electron chi connectivity index (χ0n) is 9.80. The van der Waals surface area contributed by atoms with Crippen LogP contribution in [0.4, 0.5) is 0 Å². The van der Waals surface area contributed by atoms with E-state index in [9.17, 15) is 0 Å². The molecular weight excluding hydrogens is 180 g/mol. The Balaban J connectivity index is 0.00000112. The van der Waals surface area contributed by atoms with Gasteiger partial charge in [0.2, 0.25) is 0 Å². The summed E-state index contributed by atoms with van der Waals surface area (Å²) in [7, 11) is 0. The maximum atomic E-state index is 2.43. The average molecular weight is 210 g/mol. The van der Waals surface area contributed by atoms with Crippen LogP contribution in [0.25, 0.3) is 0 Å². The van der Waals surface area contributed by atoms with E-state index in [4.69, 9.17) is 0 Å². The second kappa shape index (κ2) is 6.55. The van der Waals surface area contributed by atoms with Crippen LogP contribution in [0.1, 0.15) is 78.6 Å². The van der Waals surface area contributed by atoms with Gasteiger partial charge >= 0.3 is 0 Å². The third-order valence-electron chi connectivity index (χ3n) is 4.53. The number of hydrogen-bond donors (Lipinski definition) is 0. The summed E-state index contributed by atoms with van der Waals surface area (Å²) < 4.78 is 0. The Morgan fingerprint density at radius 1 is 0.733 bits per heavy atom. The van der Waals surface area contributed by atoms with E-state index in [-0.39, 0.29) is 7.43 Å². The van der Waals surface area contributed by atoms with Gasteiger partial charge in [0.15, 0.2) is 0 Å². The zero-order valence-corrected chi connectivity index (χ0v) is 9.80. The van der Waals surface area contributed by atoms with Gasteiger partial charge in [-0.2, -0.15) is 0 Å². The Labute approximate surface area is 96.8 Å². The highest BCUT2D eigenvalue weighted by atomic mass is 14.3. The zero-order chi connectivity index (χ0) is 9.80. The second-order valence-electron chi connectivity index (χ2n) is 5.87. The van der Waals surface area contributed by atoms with E-state index in [0.717, 1.165) is 17.8 Å². The minimum Gasteiger partial charge on any atom is -0.0776 e. The summed E-state index contributed by atoms with van der Waals surface area (Å²) in [5.41, 5.74) is 0. The molecule has 2 saturated carbocycles. The van der Waals surface area contributed by atoms with Crippen molar-refractivity contribution in [2.24, 2.45) is 17.8 Å². The lowest BCUT2D eigenvalue weighted by molar-refractivity contribution is 0.218. The Morgan fingerprint density at radius 2 is 1.27 bits per heavy atom. The lowest BCUT2D eigenvalue weighted by Crippen LogP contribution is -2.17. The van der Waals surface area contributed by atoms with Crippen LogP contribution < -0.4 is 0 Å². The molecule has 0 nitrogen and oxygen atoms in total. The quantitative estimate of drug-likeness (QED) is 0.571. The van der Waals surface area contributed by atoms with Crippen LogP contribution in [0, 0.1) is 17.8 Å². The molecule has 0 spiro atoms. The first-order valence-corrected chi connectivity index (χ1v) is 6.84. The molecule has 0 aromatic rings. The third-order valence-corrected chi connectivity index (χ3v) is 4.53. The van der Waals surface area contributed by atoms with Crippen LogP contribution in [-0.4, -0.2) is 0 Å². The normalized spacial score (nSPS) is 33.4. The van der Waals surface area contributed by atoms with Crippen LogP contribution in [0.2, 0.25) is 0 Å². The molecule has 0 saturated heterocycles. The van der Waals surface area contributed by atoms with Crippen molar-refractivity contribution in [2.45, 2.75) is 78.6 Å². The van der Waals surface area contributed by atoms with Gasteiger partial charge in [0.1, 0.15) is 0 Å². The minimum absolute atomic E-state index is 0. The highest BCUT2D eigenvalue weighted by molar-refractivity contribution is 4.75. The fraction of sp³-hybridized carbons (Fsp3) is 1.00. The largest absolute Gasteiger partial charge is 0.0776 e. The van der Waals surface area contributed by atoms with Crippen molar-refractivity contribution in [3.63, 3.8) is 0 Å². The summed E-state index contributed by atoms with van der Waals surface area (Å²) in [5.74, 6) is 3.24. The van der Waals surface area contributed by atoms with Crippen molar-refractivity contribution in [2.75, 3.05) is 0 Å². The molecule has 2 fully saturated rings. The first kappa shape index (κ1) is 13.1. The fourth-order valence-corrected chi connectivity index (χ4v) is 3.46. The molecule has 0 N–H and O–H groups in total. The summed E-state index contributed by atoms with van der Waals surface area (Å²) in [4.78, 5) is 0. The highest BCUT2D eigenvalue weighted by Gasteiger charge is 2.22. The van der Waals surface area contributed by atoms with Crippen LogP contribution in [-0.2, 0) is 0 Å². The third kappa shape index (κ3) is 4.17. The molecule has 2 aliphatic carbocycles.